The van der Waals surface area contributed by atoms with Gasteiger partial charge in [-0.05, 0) is 36.1 Å². The number of urea groups is 1. The number of carbonyl (C=O) groups excluding carboxylic acids is 1. The van der Waals surface area contributed by atoms with E-state index in [0.29, 0.717) is 19.5 Å². The van der Waals surface area contributed by atoms with Crippen molar-refractivity contribution < 1.29 is 9.90 Å². The van der Waals surface area contributed by atoms with E-state index in [1.165, 1.54) is 6.07 Å². The normalized spacial score (nSPS) is 12.7. The number of carbonyl (C=O) groups is 1. The lowest BCUT2D eigenvalue weighted by Crippen LogP contribution is -2.41. The number of hydrogen-bond donors (Lipinski definition) is 3. The standard InChI is InChI=1S/C24H27N3O3/c1-18(15-22(28)21-7-3-2-4-8-21)26-24(30)25-16-19-10-12-20(13-11-19)17-27-14-6-5-9-23(27)29/h2-14,18,22,28H,15-17H2,1H3,(H2,25,26,30). The molecule has 156 valence electrons. The average molecular weight is 405 g/mol. The molecule has 0 bridgehead atoms. The summed E-state index contributed by atoms with van der Waals surface area (Å²) < 4.78 is 1.64. The van der Waals surface area contributed by atoms with E-state index in [2.05, 4.69) is 10.6 Å². The van der Waals surface area contributed by atoms with Gasteiger partial charge in [0.15, 0.2) is 0 Å². The van der Waals surface area contributed by atoms with Gasteiger partial charge in [-0.15, -0.1) is 0 Å². The van der Waals surface area contributed by atoms with Gasteiger partial charge in [-0.3, -0.25) is 4.79 Å². The Morgan fingerprint density at radius 1 is 0.967 bits per heavy atom. The van der Waals surface area contributed by atoms with Gasteiger partial charge >= 0.3 is 6.03 Å². The molecule has 1 aromatic heterocycles. The Balaban J connectivity index is 1.44. The van der Waals surface area contributed by atoms with Crippen LogP contribution in [0.1, 0.15) is 36.1 Å². The minimum atomic E-state index is -0.619. The molecule has 3 rings (SSSR count). The van der Waals surface area contributed by atoms with Crippen molar-refractivity contribution >= 4 is 6.03 Å². The number of nitrogens with zero attached hydrogens (tertiary/aromatic N) is 1. The number of benzene rings is 2. The molecular formula is C24H27N3O3. The Bertz CT molecular complexity index is 1000. The van der Waals surface area contributed by atoms with Gasteiger partial charge in [-0.25, -0.2) is 4.79 Å². The Kier molecular flexibility index (Phi) is 7.40. The van der Waals surface area contributed by atoms with Gasteiger partial charge in [0, 0.05) is 24.8 Å². The highest BCUT2D eigenvalue weighted by atomic mass is 16.3. The third-order valence-corrected chi connectivity index (χ3v) is 4.87. The maximum atomic E-state index is 12.1. The lowest BCUT2D eigenvalue weighted by molar-refractivity contribution is 0.154. The van der Waals surface area contributed by atoms with Crippen LogP contribution in [0.5, 0.6) is 0 Å². The van der Waals surface area contributed by atoms with E-state index in [-0.39, 0.29) is 17.6 Å². The molecule has 3 N–H and O–H groups in total. The number of aromatic nitrogens is 1. The maximum absolute atomic E-state index is 12.1. The molecule has 3 aromatic rings. The zero-order chi connectivity index (χ0) is 21.3. The Hall–Kier alpha value is -3.38. The first kappa shape index (κ1) is 21.3. The first-order valence-corrected chi connectivity index (χ1v) is 10.0. The minimum absolute atomic E-state index is 0.0357. The Morgan fingerprint density at radius 3 is 2.33 bits per heavy atom. The molecular weight excluding hydrogens is 378 g/mol. The smallest absolute Gasteiger partial charge is 0.315 e. The fourth-order valence-corrected chi connectivity index (χ4v) is 3.21. The van der Waals surface area contributed by atoms with Gasteiger partial charge < -0.3 is 20.3 Å². The van der Waals surface area contributed by atoms with Crippen LogP contribution < -0.4 is 16.2 Å². The summed E-state index contributed by atoms with van der Waals surface area (Å²) in [4.78, 5) is 23.9. The lowest BCUT2D eigenvalue weighted by Gasteiger charge is -2.18. The second kappa shape index (κ2) is 10.4. The molecule has 0 radical (unpaired) electrons. The van der Waals surface area contributed by atoms with Crippen molar-refractivity contribution in [3.05, 3.63) is 106 Å². The molecule has 2 atom stereocenters. The molecule has 6 nitrogen and oxygen atoms in total. The van der Waals surface area contributed by atoms with Crippen LogP contribution in [0.15, 0.2) is 83.8 Å². The quantitative estimate of drug-likeness (QED) is 0.538. The Morgan fingerprint density at radius 2 is 1.63 bits per heavy atom. The van der Waals surface area contributed by atoms with Gasteiger partial charge in [0.05, 0.1) is 12.6 Å². The van der Waals surface area contributed by atoms with Crippen molar-refractivity contribution in [3.8, 4) is 0 Å². The molecule has 2 amide bonds. The van der Waals surface area contributed by atoms with Crippen LogP contribution in [-0.2, 0) is 13.1 Å². The van der Waals surface area contributed by atoms with Gasteiger partial charge in [-0.2, -0.15) is 0 Å². The second-order valence-electron chi connectivity index (χ2n) is 7.37. The predicted octanol–water partition coefficient (Wildman–Crippen LogP) is 3.21. The van der Waals surface area contributed by atoms with E-state index >= 15 is 0 Å². The van der Waals surface area contributed by atoms with Crippen molar-refractivity contribution in [2.75, 3.05) is 0 Å². The van der Waals surface area contributed by atoms with E-state index < -0.39 is 6.10 Å². The monoisotopic (exact) mass is 405 g/mol. The molecule has 0 aliphatic heterocycles. The molecule has 0 fully saturated rings. The first-order valence-electron chi connectivity index (χ1n) is 10.0. The SMILES string of the molecule is CC(CC(O)c1ccccc1)NC(=O)NCc1ccc(Cn2ccccc2=O)cc1. The van der Waals surface area contributed by atoms with Gasteiger partial charge in [0.25, 0.3) is 5.56 Å². The summed E-state index contributed by atoms with van der Waals surface area (Å²) >= 11 is 0. The molecule has 0 spiro atoms. The lowest BCUT2D eigenvalue weighted by atomic mass is 10.0. The molecule has 0 saturated carbocycles. The molecule has 0 aliphatic rings. The summed E-state index contributed by atoms with van der Waals surface area (Å²) in [6, 6.07) is 21.8. The number of amides is 2. The fourth-order valence-electron chi connectivity index (χ4n) is 3.21. The number of rotatable bonds is 8. The van der Waals surface area contributed by atoms with Gasteiger partial charge in [0.1, 0.15) is 0 Å². The molecule has 2 aromatic carbocycles. The van der Waals surface area contributed by atoms with E-state index in [1.54, 1.807) is 16.8 Å². The zero-order valence-corrected chi connectivity index (χ0v) is 17.0. The van der Waals surface area contributed by atoms with Crippen LogP contribution in [0.3, 0.4) is 0 Å². The summed E-state index contributed by atoms with van der Waals surface area (Å²) in [5.41, 5.74) is 2.78. The van der Waals surface area contributed by atoms with Crippen LogP contribution in [0, 0.1) is 0 Å². The Labute approximate surface area is 176 Å². The number of aliphatic hydroxyl groups is 1. The number of hydrogen-bond acceptors (Lipinski definition) is 3. The third kappa shape index (κ3) is 6.32. The average Bonchev–Trinajstić information content (AvgIpc) is 2.75. The van der Waals surface area contributed by atoms with E-state index in [1.807, 2.05) is 67.6 Å². The van der Waals surface area contributed by atoms with Gasteiger partial charge in [0.2, 0.25) is 0 Å². The summed E-state index contributed by atoms with van der Waals surface area (Å²) in [5, 5.41) is 16.0. The predicted molar refractivity (Wildman–Crippen MR) is 117 cm³/mol. The van der Waals surface area contributed by atoms with Gasteiger partial charge in [-0.1, -0.05) is 60.7 Å². The van der Waals surface area contributed by atoms with Crippen LogP contribution in [0.25, 0.3) is 0 Å². The summed E-state index contributed by atoms with van der Waals surface area (Å²) in [7, 11) is 0. The van der Waals surface area contributed by atoms with Crippen LogP contribution in [-0.4, -0.2) is 21.7 Å². The highest BCUT2D eigenvalue weighted by Crippen LogP contribution is 2.17. The highest BCUT2D eigenvalue weighted by molar-refractivity contribution is 5.74. The van der Waals surface area contributed by atoms with Crippen LogP contribution in [0.4, 0.5) is 4.79 Å². The molecule has 0 saturated heterocycles. The minimum Gasteiger partial charge on any atom is -0.388 e. The fraction of sp³-hybridized carbons (Fsp3) is 0.250. The van der Waals surface area contributed by atoms with Crippen molar-refractivity contribution in [2.45, 2.75) is 38.6 Å². The van der Waals surface area contributed by atoms with Crippen LogP contribution in [0.2, 0.25) is 0 Å². The van der Waals surface area contributed by atoms with Crippen LogP contribution >= 0.6 is 0 Å². The highest BCUT2D eigenvalue weighted by Gasteiger charge is 2.14. The summed E-state index contributed by atoms with van der Waals surface area (Å²) in [6.07, 6.45) is 1.58. The van der Waals surface area contributed by atoms with Crippen molar-refractivity contribution in [3.63, 3.8) is 0 Å². The summed E-state index contributed by atoms with van der Waals surface area (Å²) in [6.45, 7) is 2.77. The third-order valence-electron chi connectivity index (χ3n) is 4.87. The topological polar surface area (TPSA) is 83.4 Å². The number of nitrogens with one attached hydrogen (secondary N) is 2. The van der Waals surface area contributed by atoms with E-state index in [9.17, 15) is 14.7 Å². The maximum Gasteiger partial charge on any atom is 0.315 e. The second-order valence-corrected chi connectivity index (χ2v) is 7.37. The van der Waals surface area contributed by atoms with Crippen molar-refractivity contribution in [1.82, 2.24) is 15.2 Å². The molecule has 1 heterocycles. The number of aliphatic hydroxyl groups excluding tert-OH is 1. The molecule has 30 heavy (non-hydrogen) atoms. The van der Waals surface area contributed by atoms with E-state index in [0.717, 1.165) is 16.7 Å². The molecule has 6 heteroatoms. The van der Waals surface area contributed by atoms with E-state index in [4.69, 9.17) is 0 Å². The summed E-state index contributed by atoms with van der Waals surface area (Å²) in [5.74, 6) is 0. The number of pyridine rings is 1. The first-order chi connectivity index (χ1) is 14.5. The molecule has 0 aliphatic carbocycles. The van der Waals surface area contributed by atoms with Crippen molar-refractivity contribution in [1.29, 1.82) is 0 Å². The largest absolute Gasteiger partial charge is 0.388 e. The molecule has 2 unspecified atom stereocenters. The zero-order valence-electron chi connectivity index (χ0n) is 17.0. The van der Waals surface area contributed by atoms with Crippen molar-refractivity contribution in [2.24, 2.45) is 0 Å².